The van der Waals surface area contributed by atoms with Gasteiger partial charge in [-0.2, -0.15) is 0 Å². The average molecular weight is 427 g/mol. The SMILES string of the molecule is CCOP(=O)(Cc1ccc(NC(=O)C(N)Cc2ccccc2)cc1)OCC.Cl. The summed E-state index contributed by atoms with van der Waals surface area (Å²) in [6, 6.07) is 16.1. The first kappa shape index (κ1) is 24.3. The number of hydrogen-bond donors (Lipinski definition) is 2. The van der Waals surface area contributed by atoms with Crippen LogP contribution in [0.3, 0.4) is 0 Å². The minimum absolute atomic E-state index is 0. The lowest BCUT2D eigenvalue weighted by Gasteiger charge is -2.17. The predicted molar refractivity (Wildman–Crippen MR) is 115 cm³/mol. The Morgan fingerprint density at radius 2 is 1.57 bits per heavy atom. The minimum Gasteiger partial charge on any atom is -0.325 e. The Balaban J connectivity index is 0.00000392. The van der Waals surface area contributed by atoms with Gasteiger partial charge in [0.15, 0.2) is 0 Å². The molecular formula is C20H28ClN2O4P. The second-order valence-electron chi connectivity index (χ2n) is 6.09. The molecule has 0 aromatic heterocycles. The highest BCUT2D eigenvalue weighted by atomic mass is 35.5. The van der Waals surface area contributed by atoms with Crippen LogP contribution in [0.4, 0.5) is 5.69 Å². The van der Waals surface area contributed by atoms with Crippen LogP contribution in [0.25, 0.3) is 0 Å². The Labute approximate surface area is 172 Å². The van der Waals surface area contributed by atoms with Crippen LogP contribution in [0, 0.1) is 0 Å². The highest BCUT2D eigenvalue weighted by Gasteiger charge is 2.24. The van der Waals surface area contributed by atoms with Crippen LogP contribution >= 0.6 is 20.0 Å². The third-order valence-electron chi connectivity index (χ3n) is 3.88. The summed E-state index contributed by atoms with van der Waals surface area (Å²) in [5.41, 5.74) is 8.45. The normalized spacial score (nSPS) is 12.1. The molecule has 6 nitrogen and oxygen atoms in total. The van der Waals surface area contributed by atoms with E-state index < -0.39 is 13.6 Å². The highest BCUT2D eigenvalue weighted by molar-refractivity contribution is 7.53. The summed E-state index contributed by atoms with van der Waals surface area (Å²) in [7, 11) is -3.15. The summed E-state index contributed by atoms with van der Waals surface area (Å²) >= 11 is 0. The van der Waals surface area contributed by atoms with Gasteiger partial charge in [-0.15, -0.1) is 12.4 Å². The fourth-order valence-electron chi connectivity index (χ4n) is 2.63. The van der Waals surface area contributed by atoms with Gasteiger partial charge in [-0.05, 0) is 43.5 Å². The Kier molecular flexibility index (Phi) is 10.4. The molecule has 2 rings (SSSR count). The summed E-state index contributed by atoms with van der Waals surface area (Å²) in [5.74, 6) is -0.249. The molecule has 0 fully saturated rings. The van der Waals surface area contributed by atoms with Crippen molar-refractivity contribution >= 4 is 31.6 Å². The topological polar surface area (TPSA) is 90.7 Å². The van der Waals surface area contributed by atoms with Crippen LogP contribution < -0.4 is 11.1 Å². The van der Waals surface area contributed by atoms with Crippen LogP contribution in [0.2, 0.25) is 0 Å². The van der Waals surface area contributed by atoms with E-state index in [0.29, 0.717) is 25.3 Å². The Hall–Kier alpha value is -1.69. The molecule has 0 aliphatic rings. The van der Waals surface area contributed by atoms with Gasteiger partial charge in [-0.1, -0.05) is 42.5 Å². The zero-order valence-electron chi connectivity index (χ0n) is 16.2. The quantitative estimate of drug-likeness (QED) is 0.550. The van der Waals surface area contributed by atoms with E-state index >= 15 is 0 Å². The fraction of sp³-hybridized carbons (Fsp3) is 0.350. The van der Waals surface area contributed by atoms with Crippen molar-refractivity contribution in [1.29, 1.82) is 0 Å². The number of amides is 1. The van der Waals surface area contributed by atoms with Gasteiger partial charge < -0.3 is 20.1 Å². The van der Waals surface area contributed by atoms with Crippen LogP contribution in [0.15, 0.2) is 54.6 Å². The van der Waals surface area contributed by atoms with E-state index in [1.54, 1.807) is 38.1 Å². The largest absolute Gasteiger partial charge is 0.335 e. The molecule has 0 saturated carbocycles. The van der Waals surface area contributed by atoms with E-state index in [-0.39, 0.29) is 24.5 Å². The van der Waals surface area contributed by atoms with Gasteiger partial charge in [0, 0.05) is 5.69 Å². The number of halogens is 1. The average Bonchev–Trinajstić information content (AvgIpc) is 2.64. The van der Waals surface area contributed by atoms with Crippen molar-refractivity contribution in [3.63, 3.8) is 0 Å². The second kappa shape index (κ2) is 12.0. The lowest BCUT2D eigenvalue weighted by Crippen LogP contribution is -2.37. The molecule has 1 atom stereocenters. The van der Waals surface area contributed by atoms with Gasteiger partial charge in [-0.25, -0.2) is 0 Å². The molecule has 3 N–H and O–H groups in total. The molecule has 0 spiro atoms. The van der Waals surface area contributed by atoms with Crippen molar-refractivity contribution in [1.82, 2.24) is 0 Å². The first-order valence-corrected chi connectivity index (χ1v) is 10.8. The zero-order chi connectivity index (χ0) is 19.7. The molecule has 8 heteroatoms. The molecule has 0 saturated heterocycles. The van der Waals surface area contributed by atoms with E-state index in [9.17, 15) is 9.36 Å². The van der Waals surface area contributed by atoms with Crippen molar-refractivity contribution < 1.29 is 18.4 Å². The van der Waals surface area contributed by atoms with Gasteiger partial charge in [0.05, 0.1) is 25.4 Å². The Bertz CT molecular complexity index is 762. The van der Waals surface area contributed by atoms with Crippen LogP contribution in [-0.4, -0.2) is 25.2 Å². The Morgan fingerprint density at radius 1 is 1.00 bits per heavy atom. The van der Waals surface area contributed by atoms with Crippen molar-refractivity contribution in [2.75, 3.05) is 18.5 Å². The Morgan fingerprint density at radius 3 is 2.11 bits per heavy atom. The smallest absolute Gasteiger partial charge is 0.325 e. The zero-order valence-corrected chi connectivity index (χ0v) is 17.9. The molecule has 0 radical (unpaired) electrons. The van der Waals surface area contributed by atoms with Crippen molar-refractivity contribution in [3.05, 3.63) is 65.7 Å². The first-order valence-electron chi connectivity index (χ1n) is 9.03. The van der Waals surface area contributed by atoms with Gasteiger partial charge in [0.2, 0.25) is 5.91 Å². The molecule has 2 aromatic carbocycles. The first-order chi connectivity index (χ1) is 13.0. The van der Waals surface area contributed by atoms with Gasteiger partial charge >= 0.3 is 7.60 Å². The second-order valence-corrected chi connectivity index (χ2v) is 8.14. The van der Waals surface area contributed by atoms with Crippen LogP contribution in [-0.2, 0) is 31.0 Å². The number of carbonyl (C=O) groups excluding carboxylic acids is 1. The van der Waals surface area contributed by atoms with Crippen molar-refractivity contribution in [2.24, 2.45) is 5.73 Å². The maximum atomic E-state index is 12.6. The molecule has 0 bridgehead atoms. The van der Waals surface area contributed by atoms with E-state index in [1.807, 2.05) is 30.3 Å². The number of nitrogens with one attached hydrogen (secondary N) is 1. The molecule has 2 aromatic rings. The summed E-state index contributed by atoms with van der Waals surface area (Å²) in [6.45, 7) is 4.21. The fourth-order valence-corrected chi connectivity index (χ4v) is 4.34. The standard InChI is InChI=1S/C20H27N2O4P.ClH/c1-3-25-27(24,26-4-2)15-17-10-12-18(13-11-17)22-20(23)19(21)14-16-8-6-5-7-9-16;/h5-13,19H,3-4,14-15,21H2,1-2H3,(H,22,23);1H. The maximum Gasteiger partial charge on any atom is 0.335 e. The molecule has 0 aliphatic heterocycles. The van der Waals surface area contributed by atoms with Gasteiger partial charge in [-0.3, -0.25) is 9.36 Å². The van der Waals surface area contributed by atoms with Crippen molar-refractivity contribution in [2.45, 2.75) is 32.5 Å². The van der Waals surface area contributed by atoms with E-state index in [2.05, 4.69) is 5.32 Å². The number of rotatable bonds is 10. The van der Waals surface area contributed by atoms with Gasteiger partial charge in [0.1, 0.15) is 0 Å². The van der Waals surface area contributed by atoms with E-state index in [0.717, 1.165) is 11.1 Å². The summed E-state index contributed by atoms with van der Waals surface area (Å²) < 4.78 is 23.2. The number of nitrogens with two attached hydrogens (primary N) is 1. The predicted octanol–water partition coefficient (Wildman–Crippen LogP) is 4.38. The summed E-state index contributed by atoms with van der Waals surface area (Å²) in [5, 5.41) is 2.81. The maximum absolute atomic E-state index is 12.6. The number of carbonyl (C=O) groups is 1. The lowest BCUT2D eigenvalue weighted by atomic mass is 10.1. The molecule has 154 valence electrons. The number of benzene rings is 2. The van der Waals surface area contributed by atoms with Crippen LogP contribution in [0.5, 0.6) is 0 Å². The van der Waals surface area contributed by atoms with E-state index in [1.165, 1.54) is 0 Å². The van der Waals surface area contributed by atoms with Crippen molar-refractivity contribution in [3.8, 4) is 0 Å². The number of anilines is 1. The molecule has 0 heterocycles. The molecular weight excluding hydrogens is 399 g/mol. The third kappa shape index (κ3) is 7.74. The molecule has 1 amide bonds. The van der Waals surface area contributed by atoms with Crippen LogP contribution in [0.1, 0.15) is 25.0 Å². The summed E-state index contributed by atoms with van der Waals surface area (Å²) in [6.07, 6.45) is 0.660. The van der Waals surface area contributed by atoms with Gasteiger partial charge in [0.25, 0.3) is 0 Å². The minimum atomic E-state index is -3.15. The molecule has 0 aliphatic carbocycles. The monoisotopic (exact) mass is 426 g/mol. The molecule has 28 heavy (non-hydrogen) atoms. The lowest BCUT2D eigenvalue weighted by molar-refractivity contribution is -0.117. The van der Waals surface area contributed by atoms with E-state index in [4.69, 9.17) is 14.8 Å². The third-order valence-corrected chi connectivity index (χ3v) is 5.94. The highest BCUT2D eigenvalue weighted by Crippen LogP contribution is 2.51. The molecule has 1 unspecified atom stereocenters. The number of hydrogen-bond acceptors (Lipinski definition) is 5. The summed E-state index contributed by atoms with van der Waals surface area (Å²) in [4.78, 5) is 12.3.